The van der Waals surface area contributed by atoms with E-state index in [1.165, 1.54) is 44.8 Å². The van der Waals surface area contributed by atoms with Gasteiger partial charge < -0.3 is 0 Å². The molecule has 0 spiro atoms. The van der Waals surface area contributed by atoms with E-state index in [0.29, 0.717) is 0 Å². The summed E-state index contributed by atoms with van der Waals surface area (Å²) in [7, 11) is 2.14. The minimum absolute atomic E-state index is 0.287. The minimum atomic E-state index is 0.287. The molecule has 3 aromatic rings. The van der Waals surface area contributed by atoms with Crippen LogP contribution in [0.15, 0.2) is 42.6 Å². The van der Waals surface area contributed by atoms with Gasteiger partial charge in [-0.2, -0.15) is 0 Å². The number of aromatic nitrogens is 2. The standard InChI is InChI=1S/C25H29N2/c1-16-7-8-21-20-10-9-19(17(2)22(20)14-23(21)26-16)24-13-18(11-12-27(24)6)15-25(3,4)5/h7-13H,14-15H2,1-6H3/q+1. The summed E-state index contributed by atoms with van der Waals surface area (Å²) in [6, 6.07) is 13.5. The first-order valence-electron chi connectivity index (χ1n) is 9.81. The largest absolute Gasteiger partial charge is 0.257 e. The molecule has 0 atom stereocenters. The molecule has 1 aliphatic carbocycles. The van der Waals surface area contributed by atoms with Gasteiger partial charge in [-0.1, -0.05) is 32.9 Å². The summed E-state index contributed by atoms with van der Waals surface area (Å²) in [5.41, 5.74) is 12.1. The monoisotopic (exact) mass is 357 g/mol. The van der Waals surface area contributed by atoms with Crippen molar-refractivity contribution < 1.29 is 4.57 Å². The first-order valence-corrected chi connectivity index (χ1v) is 9.81. The Hall–Kier alpha value is -2.48. The van der Waals surface area contributed by atoms with Crippen molar-refractivity contribution in [1.29, 1.82) is 0 Å². The predicted molar refractivity (Wildman–Crippen MR) is 112 cm³/mol. The fourth-order valence-electron chi connectivity index (χ4n) is 4.28. The van der Waals surface area contributed by atoms with Gasteiger partial charge in [0, 0.05) is 35.4 Å². The maximum absolute atomic E-state index is 4.78. The summed E-state index contributed by atoms with van der Waals surface area (Å²) in [6.45, 7) is 11.2. The lowest BCUT2D eigenvalue weighted by Gasteiger charge is -2.18. The average Bonchev–Trinajstić information content (AvgIpc) is 2.94. The Balaban J connectivity index is 1.80. The molecular formula is C25H29N2+. The third kappa shape index (κ3) is 3.29. The quantitative estimate of drug-likeness (QED) is 0.442. The lowest BCUT2D eigenvalue weighted by molar-refractivity contribution is -0.660. The lowest BCUT2D eigenvalue weighted by atomic mass is 9.87. The van der Waals surface area contributed by atoms with Crippen molar-refractivity contribution in [3.63, 3.8) is 0 Å². The highest BCUT2D eigenvalue weighted by atomic mass is 14.9. The van der Waals surface area contributed by atoms with E-state index in [1.54, 1.807) is 0 Å². The molecule has 0 bridgehead atoms. The molecule has 0 unspecified atom stereocenters. The zero-order valence-corrected chi connectivity index (χ0v) is 17.4. The Morgan fingerprint density at radius 1 is 0.963 bits per heavy atom. The fourth-order valence-corrected chi connectivity index (χ4v) is 4.28. The zero-order chi connectivity index (χ0) is 19.3. The van der Waals surface area contributed by atoms with E-state index in [1.807, 2.05) is 0 Å². The second-order valence-electron chi connectivity index (χ2n) is 9.16. The van der Waals surface area contributed by atoms with E-state index in [2.05, 4.69) is 88.8 Å². The number of hydrogen-bond acceptors (Lipinski definition) is 1. The second-order valence-corrected chi connectivity index (χ2v) is 9.16. The Morgan fingerprint density at radius 3 is 2.41 bits per heavy atom. The van der Waals surface area contributed by atoms with E-state index in [4.69, 9.17) is 4.98 Å². The highest BCUT2D eigenvalue weighted by molar-refractivity contribution is 5.80. The maximum atomic E-state index is 4.78. The molecule has 27 heavy (non-hydrogen) atoms. The molecule has 1 aliphatic rings. The summed E-state index contributed by atoms with van der Waals surface area (Å²) < 4.78 is 2.24. The molecule has 138 valence electrons. The summed E-state index contributed by atoms with van der Waals surface area (Å²) in [4.78, 5) is 4.78. The SMILES string of the molecule is Cc1ccc2c(n1)Cc1c-2ccc(-c2cc(CC(C)(C)C)cc[n+]2C)c1C. The van der Waals surface area contributed by atoms with Crippen LogP contribution in [0.2, 0.25) is 0 Å². The molecule has 0 saturated carbocycles. The van der Waals surface area contributed by atoms with Gasteiger partial charge in [-0.25, -0.2) is 4.57 Å². The van der Waals surface area contributed by atoms with Gasteiger partial charge in [0.2, 0.25) is 5.69 Å². The fraction of sp³-hybridized carbons (Fsp3) is 0.360. The van der Waals surface area contributed by atoms with Crippen molar-refractivity contribution in [3.05, 3.63) is 70.7 Å². The van der Waals surface area contributed by atoms with E-state index in [9.17, 15) is 0 Å². The van der Waals surface area contributed by atoms with Crippen LogP contribution in [0.4, 0.5) is 0 Å². The maximum Gasteiger partial charge on any atom is 0.212 e. The summed E-state index contributed by atoms with van der Waals surface area (Å²) in [5.74, 6) is 0. The first-order chi connectivity index (χ1) is 12.7. The van der Waals surface area contributed by atoms with Gasteiger partial charge in [-0.05, 0) is 60.1 Å². The van der Waals surface area contributed by atoms with Crippen LogP contribution in [-0.4, -0.2) is 4.98 Å². The normalized spacial score (nSPS) is 12.8. The van der Waals surface area contributed by atoms with Gasteiger partial charge in [-0.15, -0.1) is 0 Å². The molecule has 0 aliphatic heterocycles. The van der Waals surface area contributed by atoms with Crippen LogP contribution in [0.25, 0.3) is 22.4 Å². The van der Waals surface area contributed by atoms with Gasteiger partial charge in [0.1, 0.15) is 7.05 Å². The molecule has 0 amide bonds. The topological polar surface area (TPSA) is 16.8 Å². The Labute approximate surface area is 162 Å². The molecule has 0 radical (unpaired) electrons. The number of aryl methyl sites for hydroxylation is 2. The van der Waals surface area contributed by atoms with Crippen LogP contribution >= 0.6 is 0 Å². The van der Waals surface area contributed by atoms with Gasteiger partial charge in [0.15, 0.2) is 6.20 Å². The second kappa shape index (κ2) is 6.30. The first kappa shape index (κ1) is 17.9. The van der Waals surface area contributed by atoms with Crippen LogP contribution < -0.4 is 4.57 Å². The lowest BCUT2D eigenvalue weighted by Crippen LogP contribution is -2.31. The Kier molecular flexibility index (Phi) is 4.18. The van der Waals surface area contributed by atoms with E-state index in [0.717, 1.165) is 18.5 Å². The third-order valence-corrected chi connectivity index (χ3v) is 5.57. The van der Waals surface area contributed by atoms with Crippen molar-refractivity contribution in [3.8, 4) is 22.4 Å². The molecule has 2 aromatic heterocycles. The van der Waals surface area contributed by atoms with E-state index < -0.39 is 0 Å². The van der Waals surface area contributed by atoms with Crippen molar-refractivity contribution in [2.24, 2.45) is 12.5 Å². The molecule has 2 heterocycles. The summed E-state index contributed by atoms with van der Waals surface area (Å²) >= 11 is 0. The van der Waals surface area contributed by atoms with Crippen LogP contribution in [0.5, 0.6) is 0 Å². The number of pyridine rings is 2. The molecule has 0 fully saturated rings. The van der Waals surface area contributed by atoms with Crippen molar-refractivity contribution in [2.45, 2.75) is 47.5 Å². The molecule has 2 nitrogen and oxygen atoms in total. The summed E-state index contributed by atoms with van der Waals surface area (Å²) in [6.07, 6.45) is 4.22. The molecule has 2 heteroatoms. The highest BCUT2D eigenvalue weighted by Crippen LogP contribution is 2.40. The highest BCUT2D eigenvalue weighted by Gasteiger charge is 2.25. The van der Waals surface area contributed by atoms with Crippen LogP contribution in [0.1, 0.15) is 48.8 Å². The molecule has 1 aromatic carbocycles. The minimum Gasteiger partial charge on any atom is -0.257 e. The third-order valence-electron chi connectivity index (χ3n) is 5.57. The van der Waals surface area contributed by atoms with Gasteiger partial charge in [0.25, 0.3) is 0 Å². The van der Waals surface area contributed by atoms with E-state index in [-0.39, 0.29) is 5.41 Å². The zero-order valence-electron chi connectivity index (χ0n) is 17.4. The number of nitrogens with zero attached hydrogens (tertiary/aromatic N) is 2. The van der Waals surface area contributed by atoms with Crippen LogP contribution in [-0.2, 0) is 19.9 Å². The average molecular weight is 358 g/mol. The summed E-state index contributed by atoms with van der Waals surface area (Å²) in [5, 5.41) is 0. The predicted octanol–water partition coefficient (Wildman–Crippen LogP) is 5.35. The molecular weight excluding hydrogens is 328 g/mol. The van der Waals surface area contributed by atoms with Crippen LogP contribution in [0, 0.1) is 19.3 Å². The number of hydrogen-bond donors (Lipinski definition) is 0. The van der Waals surface area contributed by atoms with Crippen molar-refractivity contribution in [1.82, 2.24) is 4.98 Å². The molecule has 0 N–H and O–H groups in total. The van der Waals surface area contributed by atoms with Gasteiger partial charge in [0.05, 0.1) is 5.69 Å². The number of benzene rings is 1. The van der Waals surface area contributed by atoms with Crippen LogP contribution in [0.3, 0.4) is 0 Å². The smallest absolute Gasteiger partial charge is 0.212 e. The van der Waals surface area contributed by atoms with Gasteiger partial charge in [-0.3, -0.25) is 4.98 Å². The van der Waals surface area contributed by atoms with Gasteiger partial charge >= 0.3 is 0 Å². The molecule has 0 saturated heterocycles. The van der Waals surface area contributed by atoms with Crippen molar-refractivity contribution >= 4 is 0 Å². The number of rotatable bonds is 2. The Bertz CT molecular complexity index is 1040. The molecule has 4 rings (SSSR count). The Morgan fingerprint density at radius 2 is 1.67 bits per heavy atom. The van der Waals surface area contributed by atoms with E-state index >= 15 is 0 Å². The number of fused-ring (bicyclic) bond motifs is 3. The van der Waals surface area contributed by atoms with Crippen molar-refractivity contribution in [2.75, 3.05) is 0 Å².